The first kappa shape index (κ1) is 24.0. The highest BCUT2D eigenvalue weighted by molar-refractivity contribution is 6.07. The first-order chi connectivity index (χ1) is 15.6. The quantitative estimate of drug-likeness (QED) is 0.335. The second kappa shape index (κ2) is 9.45. The summed E-state index contributed by atoms with van der Waals surface area (Å²) in [5.41, 5.74) is 6.58. The predicted octanol–water partition coefficient (Wildman–Crippen LogP) is 1.70. The average molecular weight is 466 g/mol. The lowest BCUT2D eigenvalue weighted by atomic mass is 9.82. The van der Waals surface area contributed by atoms with Gasteiger partial charge in [0.1, 0.15) is 0 Å². The highest BCUT2D eigenvalue weighted by Gasteiger charge is 2.55. The number of hydrogen-bond donors (Lipinski definition) is 4. The van der Waals surface area contributed by atoms with E-state index in [2.05, 4.69) is 20.1 Å². The molecule has 5 N–H and O–H groups in total. The maximum Gasteiger partial charge on any atom is 0.586 e. The molecule has 1 fully saturated rings. The molecule has 3 amide bonds. The molecule has 12 heteroatoms. The summed E-state index contributed by atoms with van der Waals surface area (Å²) in [7, 11) is 1.68. The molecule has 1 saturated heterocycles. The van der Waals surface area contributed by atoms with Gasteiger partial charge in [-0.3, -0.25) is 4.79 Å². The average Bonchev–Trinajstić information content (AvgIpc) is 3.05. The van der Waals surface area contributed by atoms with Crippen molar-refractivity contribution in [3.05, 3.63) is 47.7 Å². The predicted molar refractivity (Wildman–Crippen MR) is 111 cm³/mol. The molecule has 0 saturated carbocycles. The summed E-state index contributed by atoms with van der Waals surface area (Å²) in [6.07, 6.45) is 1.27. The molecule has 3 atom stereocenters. The largest absolute Gasteiger partial charge is 0.586 e. The molecule has 2 aliphatic heterocycles. The monoisotopic (exact) mass is 466 g/mol. The fraction of sp³-hybridized carbons (Fsp3) is 0.381. The number of carbonyl (C=O) groups excluding carboxylic acids is 2. The van der Waals surface area contributed by atoms with Crippen molar-refractivity contribution in [3.8, 4) is 11.5 Å². The Labute approximate surface area is 188 Å². The molecule has 1 aromatic carbocycles. The number of alkyl halides is 2. The number of hydrogen-bond acceptors (Lipinski definition) is 7. The van der Waals surface area contributed by atoms with Crippen LogP contribution in [0.25, 0.3) is 0 Å². The Morgan fingerprint density at radius 1 is 1.33 bits per heavy atom. The van der Waals surface area contributed by atoms with Gasteiger partial charge in [0.15, 0.2) is 17.5 Å². The Kier molecular flexibility index (Phi) is 6.86. The maximum atomic E-state index is 13.2. The van der Waals surface area contributed by atoms with Crippen molar-refractivity contribution >= 4 is 17.9 Å². The number of halogens is 2. The van der Waals surface area contributed by atoms with Crippen molar-refractivity contribution in [1.29, 1.82) is 0 Å². The van der Waals surface area contributed by atoms with E-state index in [1.165, 1.54) is 18.2 Å². The van der Waals surface area contributed by atoms with Crippen LogP contribution in [0, 0.1) is 5.92 Å². The number of ether oxygens (including phenoxy) is 2. The molecule has 2 heterocycles. The van der Waals surface area contributed by atoms with E-state index in [1.807, 2.05) is 0 Å². The highest BCUT2D eigenvalue weighted by atomic mass is 19.3. The Bertz CT molecular complexity index is 1010. The fourth-order valence-electron chi connectivity index (χ4n) is 3.64. The molecule has 10 nitrogen and oxygen atoms in total. The number of carboxylic acids is 1. The molecular weight excluding hydrogens is 442 g/mol. The minimum atomic E-state index is -3.78. The molecule has 0 spiro atoms. The van der Waals surface area contributed by atoms with Crippen molar-refractivity contribution in [2.24, 2.45) is 11.7 Å². The number of allylic oxidation sites excluding steroid dienone is 2. The van der Waals surface area contributed by atoms with E-state index in [-0.39, 0.29) is 24.5 Å². The van der Waals surface area contributed by atoms with Gasteiger partial charge in [-0.2, -0.15) is 0 Å². The number of carbonyl (C=O) groups is 3. The molecule has 0 radical (unpaired) electrons. The third kappa shape index (κ3) is 5.06. The smallest absolute Gasteiger partial charge is 0.480 e. The van der Waals surface area contributed by atoms with Gasteiger partial charge in [0.05, 0.1) is 12.0 Å². The highest BCUT2D eigenvalue weighted by Crippen LogP contribution is 2.42. The summed E-state index contributed by atoms with van der Waals surface area (Å²) in [6, 6.07) is 0.978. The van der Waals surface area contributed by atoms with Gasteiger partial charge in [0.25, 0.3) is 0 Å². The van der Waals surface area contributed by atoms with E-state index < -0.39 is 42.2 Å². The van der Waals surface area contributed by atoms with Gasteiger partial charge in [0.2, 0.25) is 5.91 Å². The number of β-lactam (4-membered cyclic amide) rings is 1. The molecule has 0 bridgehead atoms. The topological polar surface area (TPSA) is 143 Å². The van der Waals surface area contributed by atoms with Crippen LogP contribution in [-0.4, -0.2) is 53.8 Å². The summed E-state index contributed by atoms with van der Waals surface area (Å²) in [4.78, 5) is 37.8. The first-order valence-corrected chi connectivity index (χ1v) is 10.1. The number of rotatable bonds is 8. The molecule has 0 aromatic heterocycles. The fourth-order valence-corrected chi connectivity index (χ4v) is 3.64. The lowest BCUT2D eigenvalue weighted by molar-refractivity contribution is -0.286. The normalized spacial score (nSPS) is 22.2. The van der Waals surface area contributed by atoms with Crippen molar-refractivity contribution in [2.45, 2.75) is 31.7 Å². The van der Waals surface area contributed by atoms with E-state index in [4.69, 9.17) is 5.73 Å². The van der Waals surface area contributed by atoms with E-state index in [1.54, 1.807) is 32.3 Å². The zero-order valence-corrected chi connectivity index (χ0v) is 17.9. The zero-order valence-electron chi connectivity index (χ0n) is 17.9. The van der Waals surface area contributed by atoms with Crippen LogP contribution in [0.1, 0.15) is 24.9 Å². The Balaban J connectivity index is 1.70. The van der Waals surface area contributed by atoms with Crippen LogP contribution in [0.2, 0.25) is 0 Å². The van der Waals surface area contributed by atoms with Crippen LogP contribution >= 0.6 is 0 Å². The van der Waals surface area contributed by atoms with Gasteiger partial charge in [0, 0.05) is 13.6 Å². The molecule has 0 unspecified atom stereocenters. The van der Waals surface area contributed by atoms with E-state index >= 15 is 0 Å². The molecule has 2 aliphatic rings. The minimum Gasteiger partial charge on any atom is -0.480 e. The first-order valence-electron chi connectivity index (χ1n) is 10.1. The summed E-state index contributed by atoms with van der Waals surface area (Å²) in [5.74, 6) is -3.25. The number of fused-ring (bicyclic) bond motifs is 1. The molecular formula is C21H24F2N4O6. The lowest BCUT2D eigenvalue weighted by Gasteiger charge is -2.43. The number of benzene rings is 1. The Morgan fingerprint density at radius 2 is 2.03 bits per heavy atom. The molecule has 0 aliphatic carbocycles. The van der Waals surface area contributed by atoms with Gasteiger partial charge in [-0.15, -0.1) is 8.78 Å². The number of carboxylic acid groups (broad SMARTS) is 1. The molecule has 33 heavy (non-hydrogen) atoms. The number of likely N-dealkylation sites (tertiary alicyclic amines) is 1. The van der Waals surface area contributed by atoms with Crippen LogP contribution in [0.3, 0.4) is 0 Å². The second-order valence-electron chi connectivity index (χ2n) is 7.48. The summed E-state index contributed by atoms with van der Waals surface area (Å²) in [5, 5.41) is 14.9. The standard InChI is InChI=1S/C21H24F2N4O6/c1-11(13-3-4-15-16(10-13)33-21(22,23)32-15)26-20(31)27-17(19(29)30)14(18(27)28)9-12(5-7-24)6-8-25-2/h3-6,8,10-11,14,17,25H,7,9,24H2,1-2H3,(H,26,31)(H,29,30)/b8-6-,12-5+/t11-,14+,17-/m0/s1. The summed E-state index contributed by atoms with van der Waals surface area (Å²) >= 11 is 0. The number of imide groups is 1. The summed E-state index contributed by atoms with van der Waals surface area (Å²) < 4.78 is 35.2. The molecule has 1 aromatic rings. The van der Waals surface area contributed by atoms with Gasteiger partial charge in [-0.1, -0.05) is 12.1 Å². The van der Waals surface area contributed by atoms with Crippen molar-refractivity contribution in [1.82, 2.24) is 15.5 Å². The van der Waals surface area contributed by atoms with Crippen LogP contribution < -0.4 is 25.8 Å². The summed E-state index contributed by atoms with van der Waals surface area (Å²) in [6.45, 7) is 1.75. The number of nitrogens with two attached hydrogens (primary N) is 1. The number of aliphatic carboxylic acids is 1. The van der Waals surface area contributed by atoms with E-state index in [9.17, 15) is 28.3 Å². The van der Waals surface area contributed by atoms with Crippen molar-refractivity contribution < 1.29 is 37.7 Å². The van der Waals surface area contributed by atoms with Crippen LogP contribution in [0.15, 0.2) is 42.1 Å². The maximum absolute atomic E-state index is 13.2. The third-order valence-electron chi connectivity index (χ3n) is 5.25. The van der Waals surface area contributed by atoms with E-state index in [0.29, 0.717) is 16.0 Å². The van der Waals surface area contributed by atoms with Gasteiger partial charge >= 0.3 is 18.3 Å². The van der Waals surface area contributed by atoms with Gasteiger partial charge in [-0.05, 0) is 48.9 Å². The minimum absolute atomic E-state index is 0.0981. The van der Waals surface area contributed by atoms with Crippen LogP contribution in [0.5, 0.6) is 11.5 Å². The Morgan fingerprint density at radius 3 is 2.67 bits per heavy atom. The van der Waals surface area contributed by atoms with E-state index in [0.717, 1.165) is 0 Å². The number of nitrogens with one attached hydrogen (secondary N) is 2. The van der Waals surface area contributed by atoms with Crippen LogP contribution in [0.4, 0.5) is 13.6 Å². The van der Waals surface area contributed by atoms with Crippen molar-refractivity contribution in [2.75, 3.05) is 13.6 Å². The SMILES string of the molecule is CN/C=C\C(=C/CN)C[C@H]1C(=O)N(C(=O)N[C@@H](C)c2ccc3c(c2)OC(F)(F)O3)[C@@H]1C(=O)O. The number of urea groups is 1. The zero-order chi connectivity index (χ0) is 24.3. The van der Waals surface area contributed by atoms with Crippen LogP contribution in [-0.2, 0) is 9.59 Å². The lowest BCUT2D eigenvalue weighted by Crippen LogP contribution is -2.68. The number of nitrogens with zero attached hydrogens (tertiary/aromatic N) is 1. The second-order valence-corrected chi connectivity index (χ2v) is 7.48. The molecule has 178 valence electrons. The third-order valence-corrected chi connectivity index (χ3v) is 5.25. The van der Waals surface area contributed by atoms with Gasteiger partial charge < -0.3 is 30.9 Å². The van der Waals surface area contributed by atoms with Crippen molar-refractivity contribution in [3.63, 3.8) is 0 Å². The number of amides is 3. The van der Waals surface area contributed by atoms with Gasteiger partial charge in [-0.25, -0.2) is 14.5 Å². The Hall–Kier alpha value is -3.67. The molecule has 3 rings (SSSR count).